The molecule has 0 spiro atoms. The minimum absolute atomic E-state index is 0.0558. The minimum atomic E-state index is -0.930. The van der Waals surface area contributed by atoms with Crippen LogP contribution in [-0.2, 0) is 9.59 Å². The zero-order valence-corrected chi connectivity index (χ0v) is 16.9. The fraction of sp³-hybridized carbons (Fsp3) is 0.391. The van der Waals surface area contributed by atoms with E-state index in [1.807, 2.05) is 54.6 Å². The number of likely N-dealkylation sites (tertiary alicyclic amines) is 1. The molecule has 1 N–H and O–H groups in total. The number of fused-ring (bicyclic) bond motifs is 1. The van der Waals surface area contributed by atoms with Gasteiger partial charge in [0.2, 0.25) is 11.8 Å². The number of hydrogen-bond acceptors (Lipinski definition) is 4. The Balaban J connectivity index is 1.40. The van der Waals surface area contributed by atoms with E-state index in [1.54, 1.807) is 18.7 Å². The molecule has 0 unspecified atom stereocenters. The first kappa shape index (κ1) is 19.5. The Morgan fingerprint density at radius 2 is 1.72 bits per heavy atom. The second kappa shape index (κ2) is 7.87. The molecule has 2 aromatic carbocycles. The number of ether oxygens (including phenoxy) is 1. The van der Waals surface area contributed by atoms with Crippen molar-refractivity contribution in [3.8, 4) is 5.75 Å². The average molecular weight is 393 g/mol. The summed E-state index contributed by atoms with van der Waals surface area (Å²) >= 11 is 0. The molecule has 0 radical (unpaired) electrons. The van der Waals surface area contributed by atoms with E-state index in [4.69, 9.17) is 4.74 Å². The summed E-state index contributed by atoms with van der Waals surface area (Å²) in [7, 11) is 0. The zero-order valence-electron chi connectivity index (χ0n) is 16.9. The molecule has 29 heavy (non-hydrogen) atoms. The average Bonchev–Trinajstić information content (AvgIpc) is 2.71. The summed E-state index contributed by atoms with van der Waals surface area (Å²) in [5, 5.41) is 2.90. The molecule has 1 fully saturated rings. The summed E-state index contributed by atoms with van der Waals surface area (Å²) in [4.78, 5) is 29.6. The molecule has 152 valence electrons. The van der Waals surface area contributed by atoms with Crippen molar-refractivity contribution in [2.75, 3.05) is 29.9 Å². The monoisotopic (exact) mass is 393 g/mol. The van der Waals surface area contributed by atoms with Crippen LogP contribution in [0.15, 0.2) is 54.6 Å². The molecular formula is C23H27N3O3. The maximum absolute atomic E-state index is 13.2. The van der Waals surface area contributed by atoms with Gasteiger partial charge in [0.15, 0.2) is 0 Å². The normalized spacial score (nSPS) is 19.4. The van der Waals surface area contributed by atoms with Gasteiger partial charge in [0.05, 0.1) is 17.9 Å². The van der Waals surface area contributed by atoms with Crippen LogP contribution in [0.3, 0.4) is 0 Å². The number of rotatable bonds is 4. The van der Waals surface area contributed by atoms with Crippen molar-refractivity contribution < 1.29 is 14.3 Å². The summed E-state index contributed by atoms with van der Waals surface area (Å²) < 4.78 is 6.04. The van der Waals surface area contributed by atoms with E-state index >= 15 is 0 Å². The number of nitrogens with zero attached hydrogens (tertiary/aromatic N) is 2. The summed E-state index contributed by atoms with van der Waals surface area (Å²) in [5.74, 6) is 0.666. The van der Waals surface area contributed by atoms with Gasteiger partial charge in [-0.3, -0.25) is 19.4 Å². The number of para-hydroxylation sites is 3. The molecule has 4 rings (SSSR count). The van der Waals surface area contributed by atoms with Crippen LogP contribution in [-0.4, -0.2) is 48.0 Å². The number of hydrogen-bond donors (Lipinski definition) is 1. The van der Waals surface area contributed by atoms with Crippen molar-refractivity contribution in [1.82, 2.24) is 4.90 Å². The van der Waals surface area contributed by atoms with Gasteiger partial charge in [0, 0.05) is 13.1 Å². The van der Waals surface area contributed by atoms with E-state index in [2.05, 4.69) is 10.2 Å². The van der Waals surface area contributed by atoms with Gasteiger partial charge >= 0.3 is 0 Å². The van der Waals surface area contributed by atoms with Gasteiger partial charge < -0.3 is 10.1 Å². The van der Waals surface area contributed by atoms with E-state index < -0.39 is 5.54 Å². The van der Waals surface area contributed by atoms with Crippen molar-refractivity contribution in [2.24, 2.45) is 0 Å². The largest absolute Gasteiger partial charge is 0.490 e. The van der Waals surface area contributed by atoms with Crippen LogP contribution in [0.5, 0.6) is 5.75 Å². The van der Waals surface area contributed by atoms with Crippen LogP contribution in [0.25, 0.3) is 0 Å². The summed E-state index contributed by atoms with van der Waals surface area (Å²) in [5.41, 5.74) is 0.504. The highest BCUT2D eigenvalue weighted by Crippen LogP contribution is 2.36. The predicted octanol–water partition coefficient (Wildman–Crippen LogP) is 3.29. The highest BCUT2D eigenvalue weighted by molar-refractivity contribution is 6.14. The van der Waals surface area contributed by atoms with Gasteiger partial charge in [0.25, 0.3) is 0 Å². The molecular weight excluding hydrogens is 366 g/mol. The molecule has 2 aromatic rings. The first-order valence-corrected chi connectivity index (χ1v) is 10.1. The molecule has 0 atom stereocenters. The quantitative estimate of drug-likeness (QED) is 0.866. The number of nitrogens with one attached hydrogen (secondary N) is 1. The molecule has 1 saturated heterocycles. The van der Waals surface area contributed by atoms with Gasteiger partial charge in [-0.1, -0.05) is 30.3 Å². The Bertz CT molecular complexity index is 889. The van der Waals surface area contributed by atoms with Gasteiger partial charge in [-0.15, -0.1) is 0 Å². The maximum atomic E-state index is 13.2. The lowest BCUT2D eigenvalue weighted by molar-refractivity contribution is -0.127. The molecule has 6 nitrogen and oxygen atoms in total. The van der Waals surface area contributed by atoms with Crippen LogP contribution in [0.2, 0.25) is 0 Å². The highest BCUT2D eigenvalue weighted by Gasteiger charge is 2.43. The molecule has 6 heteroatoms. The molecule has 2 amide bonds. The van der Waals surface area contributed by atoms with Crippen molar-refractivity contribution in [3.63, 3.8) is 0 Å². The Hall–Kier alpha value is -2.86. The lowest BCUT2D eigenvalue weighted by Crippen LogP contribution is -2.60. The highest BCUT2D eigenvalue weighted by atomic mass is 16.5. The number of benzene rings is 2. The number of carbonyl (C=O) groups excluding carboxylic acids is 2. The minimum Gasteiger partial charge on any atom is -0.490 e. The maximum Gasteiger partial charge on any atom is 0.250 e. The molecule has 0 bridgehead atoms. The standard InChI is InChI=1S/C23H27N3O3/c1-23(2)22(28)24-19-10-6-7-11-20(19)26(23)21(27)16-25-14-12-18(13-15-25)29-17-8-4-3-5-9-17/h3-11,18H,12-16H2,1-2H3,(H,24,28). The predicted molar refractivity (Wildman–Crippen MR) is 113 cm³/mol. The smallest absolute Gasteiger partial charge is 0.250 e. The fourth-order valence-corrected chi connectivity index (χ4v) is 4.04. The Morgan fingerprint density at radius 1 is 1.07 bits per heavy atom. The van der Waals surface area contributed by atoms with E-state index in [-0.39, 0.29) is 17.9 Å². The molecule has 0 saturated carbocycles. The number of piperidine rings is 1. The molecule has 2 heterocycles. The number of anilines is 2. The first-order valence-electron chi connectivity index (χ1n) is 10.1. The molecule has 0 aliphatic carbocycles. The Morgan fingerprint density at radius 3 is 2.45 bits per heavy atom. The van der Waals surface area contributed by atoms with E-state index in [0.717, 1.165) is 37.4 Å². The number of carbonyl (C=O) groups is 2. The number of amides is 2. The molecule has 2 aliphatic heterocycles. The summed E-state index contributed by atoms with van der Waals surface area (Å²) in [6.45, 7) is 5.46. The van der Waals surface area contributed by atoms with Crippen molar-refractivity contribution >= 4 is 23.2 Å². The third kappa shape index (κ3) is 3.98. The van der Waals surface area contributed by atoms with E-state index in [0.29, 0.717) is 12.2 Å². The van der Waals surface area contributed by atoms with Crippen molar-refractivity contribution in [3.05, 3.63) is 54.6 Å². The lowest BCUT2D eigenvalue weighted by Gasteiger charge is -2.43. The zero-order chi connectivity index (χ0) is 20.4. The van der Waals surface area contributed by atoms with Gasteiger partial charge in [-0.2, -0.15) is 0 Å². The van der Waals surface area contributed by atoms with Crippen molar-refractivity contribution in [1.29, 1.82) is 0 Å². The van der Waals surface area contributed by atoms with Crippen molar-refractivity contribution in [2.45, 2.75) is 38.3 Å². The van der Waals surface area contributed by atoms with Crippen LogP contribution >= 0.6 is 0 Å². The van der Waals surface area contributed by atoms with E-state index in [1.165, 1.54) is 0 Å². The molecule has 2 aliphatic rings. The third-order valence-corrected chi connectivity index (χ3v) is 5.70. The second-order valence-electron chi connectivity index (χ2n) is 8.17. The second-order valence-corrected chi connectivity index (χ2v) is 8.17. The van der Waals surface area contributed by atoms with Gasteiger partial charge in [0.1, 0.15) is 17.4 Å². The third-order valence-electron chi connectivity index (χ3n) is 5.70. The van der Waals surface area contributed by atoms with Gasteiger partial charge in [-0.25, -0.2) is 0 Å². The molecule has 0 aromatic heterocycles. The Labute approximate surface area is 171 Å². The summed E-state index contributed by atoms with van der Waals surface area (Å²) in [6.07, 6.45) is 1.92. The van der Waals surface area contributed by atoms with Gasteiger partial charge in [-0.05, 0) is 51.0 Å². The van der Waals surface area contributed by atoms with Crippen LogP contribution < -0.4 is 15.0 Å². The first-order chi connectivity index (χ1) is 13.9. The Kier molecular flexibility index (Phi) is 5.28. The fourth-order valence-electron chi connectivity index (χ4n) is 4.04. The van der Waals surface area contributed by atoms with Crippen LogP contribution in [0.1, 0.15) is 26.7 Å². The topological polar surface area (TPSA) is 61.9 Å². The SMILES string of the molecule is CC1(C)C(=O)Nc2ccccc2N1C(=O)CN1CCC(Oc2ccccc2)CC1. The van der Waals surface area contributed by atoms with Crippen LogP contribution in [0.4, 0.5) is 11.4 Å². The summed E-state index contributed by atoms with van der Waals surface area (Å²) in [6, 6.07) is 17.3. The van der Waals surface area contributed by atoms with E-state index in [9.17, 15) is 9.59 Å². The lowest BCUT2D eigenvalue weighted by atomic mass is 9.96. The van der Waals surface area contributed by atoms with Crippen LogP contribution in [0, 0.1) is 0 Å².